The predicted molar refractivity (Wildman–Crippen MR) is 111 cm³/mol. The van der Waals surface area contributed by atoms with Crippen LogP contribution in [-0.2, 0) is 21.7 Å². The number of carbonyl (C=O) groups excluding carboxylic acids is 1. The number of carbonyl (C=O) groups is 1. The van der Waals surface area contributed by atoms with Gasteiger partial charge < -0.3 is 26.3 Å². The average molecular weight is 387 g/mol. The monoisotopic (exact) mass is 387 g/mol. The predicted octanol–water partition coefficient (Wildman–Crippen LogP) is 3.48. The quantitative estimate of drug-likeness (QED) is 0.585. The Morgan fingerprint density at radius 3 is 2.55 bits per heavy atom. The highest BCUT2D eigenvalue weighted by Crippen LogP contribution is 2.56. The summed E-state index contributed by atoms with van der Waals surface area (Å²) in [6, 6.07) is 18.8. The summed E-state index contributed by atoms with van der Waals surface area (Å²) < 4.78 is 12.7. The molecular formula is C23H21N3O3. The summed E-state index contributed by atoms with van der Waals surface area (Å²) in [6.45, 7) is 2.14. The van der Waals surface area contributed by atoms with Crippen LogP contribution in [0.3, 0.4) is 0 Å². The van der Waals surface area contributed by atoms with E-state index in [0.717, 1.165) is 22.3 Å². The molecule has 1 unspecified atom stereocenters. The van der Waals surface area contributed by atoms with Crippen LogP contribution < -0.4 is 21.5 Å². The van der Waals surface area contributed by atoms with Gasteiger partial charge in [-0.25, -0.2) is 0 Å². The van der Waals surface area contributed by atoms with Gasteiger partial charge in [0.05, 0.1) is 12.6 Å². The van der Waals surface area contributed by atoms with Gasteiger partial charge in [-0.3, -0.25) is 4.79 Å². The summed E-state index contributed by atoms with van der Waals surface area (Å²) in [6.07, 6.45) is 0. The lowest BCUT2D eigenvalue weighted by Gasteiger charge is -2.37. The number of ether oxygens (including phenoxy) is 2. The fourth-order valence-electron chi connectivity index (χ4n) is 4.11. The molecule has 2 aliphatic heterocycles. The van der Waals surface area contributed by atoms with Crippen molar-refractivity contribution in [3.05, 3.63) is 82.9 Å². The molecule has 0 saturated heterocycles. The van der Waals surface area contributed by atoms with Gasteiger partial charge in [0, 0.05) is 34.6 Å². The van der Waals surface area contributed by atoms with Crippen LogP contribution in [-0.4, -0.2) is 11.9 Å². The van der Waals surface area contributed by atoms with Crippen molar-refractivity contribution in [3.63, 3.8) is 0 Å². The normalized spacial score (nSPS) is 19.7. The lowest BCUT2D eigenvalue weighted by molar-refractivity contribution is -0.117. The Labute approximate surface area is 168 Å². The first-order chi connectivity index (χ1) is 14.0. The van der Waals surface area contributed by atoms with Crippen molar-refractivity contribution in [2.75, 3.05) is 11.1 Å². The van der Waals surface area contributed by atoms with Gasteiger partial charge in [-0.15, -0.1) is 0 Å². The molecule has 3 aromatic carbocycles. The van der Waals surface area contributed by atoms with Crippen molar-refractivity contribution in [2.24, 2.45) is 5.73 Å². The molecule has 29 heavy (non-hydrogen) atoms. The minimum Gasteiger partial charge on any atom is -0.456 e. The van der Waals surface area contributed by atoms with Crippen molar-refractivity contribution < 1.29 is 14.3 Å². The molecular weight excluding hydrogens is 366 g/mol. The van der Waals surface area contributed by atoms with E-state index < -0.39 is 11.6 Å². The Bertz CT molecular complexity index is 1140. The Morgan fingerprint density at radius 2 is 1.76 bits per heavy atom. The summed E-state index contributed by atoms with van der Waals surface area (Å²) in [4.78, 5) is 12.0. The number of anilines is 2. The van der Waals surface area contributed by atoms with Crippen LogP contribution in [0.5, 0.6) is 11.5 Å². The molecule has 1 amide bonds. The summed E-state index contributed by atoms with van der Waals surface area (Å²) in [5.41, 5.74) is 16.2. The van der Waals surface area contributed by atoms with Crippen molar-refractivity contribution in [1.82, 2.24) is 0 Å². The second-order valence-electron chi connectivity index (χ2n) is 7.47. The lowest BCUT2D eigenvalue weighted by Crippen LogP contribution is -2.33. The molecule has 6 heteroatoms. The lowest BCUT2D eigenvalue weighted by atomic mass is 9.77. The van der Waals surface area contributed by atoms with Gasteiger partial charge in [-0.05, 0) is 42.3 Å². The third-order valence-corrected chi connectivity index (χ3v) is 5.49. The summed E-state index contributed by atoms with van der Waals surface area (Å²) in [7, 11) is 0. The second-order valence-corrected chi connectivity index (χ2v) is 7.47. The summed E-state index contributed by atoms with van der Waals surface area (Å²) in [5.74, 6) is 0.995. The molecule has 2 aliphatic rings. The number of hydrogen-bond acceptors (Lipinski definition) is 5. The maximum Gasteiger partial charge on any atom is 0.241 e. The highest BCUT2D eigenvalue weighted by atomic mass is 16.5. The van der Waals surface area contributed by atoms with E-state index in [0.29, 0.717) is 29.5 Å². The first-order valence-electron chi connectivity index (χ1n) is 9.50. The molecule has 0 saturated carbocycles. The summed E-state index contributed by atoms with van der Waals surface area (Å²) in [5, 5.41) is 2.82. The van der Waals surface area contributed by atoms with Crippen LogP contribution in [0.2, 0.25) is 0 Å². The number of rotatable bonds is 2. The molecule has 0 aliphatic carbocycles. The van der Waals surface area contributed by atoms with E-state index in [1.54, 1.807) is 19.1 Å². The van der Waals surface area contributed by atoms with Gasteiger partial charge in [0.1, 0.15) is 11.5 Å². The van der Waals surface area contributed by atoms with Gasteiger partial charge in [0.2, 0.25) is 5.91 Å². The van der Waals surface area contributed by atoms with E-state index in [1.807, 2.05) is 36.4 Å². The zero-order valence-electron chi connectivity index (χ0n) is 15.9. The molecule has 1 spiro atoms. The largest absolute Gasteiger partial charge is 0.456 e. The number of fused-ring (bicyclic) bond motifs is 6. The van der Waals surface area contributed by atoms with Crippen molar-refractivity contribution in [2.45, 2.75) is 25.2 Å². The molecule has 3 aromatic rings. The number of amides is 1. The molecule has 146 valence electrons. The number of hydrogen-bond donors (Lipinski definition) is 3. The van der Waals surface area contributed by atoms with Crippen molar-refractivity contribution >= 4 is 17.3 Å². The highest BCUT2D eigenvalue weighted by Gasteiger charge is 2.49. The first kappa shape index (κ1) is 17.7. The smallest absolute Gasteiger partial charge is 0.241 e. The number of nitrogens with two attached hydrogens (primary N) is 2. The summed E-state index contributed by atoms with van der Waals surface area (Å²) >= 11 is 0. The Hall–Kier alpha value is -3.35. The van der Waals surface area contributed by atoms with E-state index in [1.165, 1.54) is 0 Å². The van der Waals surface area contributed by atoms with E-state index in [4.69, 9.17) is 20.9 Å². The molecule has 5 N–H and O–H groups in total. The highest BCUT2D eigenvalue weighted by molar-refractivity contribution is 5.94. The van der Waals surface area contributed by atoms with Crippen molar-refractivity contribution in [3.8, 4) is 11.5 Å². The first-order valence-corrected chi connectivity index (χ1v) is 9.50. The fraction of sp³-hybridized carbons (Fsp3) is 0.174. The fourth-order valence-corrected chi connectivity index (χ4v) is 4.11. The molecule has 2 heterocycles. The molecule has 0 bridgehead atoms. The van der Waals surface area contributed by atoms with E-state index in [2.05, 4.69) is 17.4 Å². The van der Waals surface area contributed by atoms with Crippen LogP contribution in [0, 0.1) is 0 Å². The van der Waals surface area contributed by atoms with Crippen LogP contribution in [0.15, 0.2) is 60.7 Å². The standard InChI is InChI=1S/C23H21N3O3/c1-13(24)22(27)26-16-7-9-19-21(11-16)29-20-10-15(25)6-8-18(20)23(19)17-5-3-2-4-14(17)12-28-23/h2-11,13H,12,24-25H2,1H3,(H,26,27)/t13-,23?/m0/s1. The topological polar surface area (TPSA) is 99.6 Å². The van der Waals surface area contributed by atoms with Crippen LogP contribution in [0.1, 0.15) is 29.2 Å². The number of benzene rings is 3. The Kier molecular flexibility index (Phi) is 3.87. The van der Waals surface area contributed by atoms with Gasteiger partial charge >= 0.3 is 0 Å². The third kappa shape index (κ3) is 2.61. The van der Waals surface area contributed by atoms with E-state index in [-0.39, 0.29) is 5.91 Å². The van der Waals surface area contributed by atoms with Crippen LogP contribution in [0.25, 0.3) is 0 Å². The number of nitrogen functional groups attached to an aromatic ring is 1. The van der Waals surface area contributed by atoms with Gasteiger partial charge in [-0.1, -0.05) is 24.3 Å². The van der Waals surface area contributed by atoms with Crippen LogP contribution in [0.4, 0.5) is 11.4 Å². The molecule has 0 radical (unpaired) electrons. The molecule has 0 fully saturated rings. The molecule has 2 atom stereocenters. The zero-order valence-corrected chi connectivity index (χ0v) is 15.9. The van der Waals surface area contributed by atoms with Gasteiger partial charge in [0.25, 0.3) is 0 Å². The Morgan fingerprint density at radius 1 is 1.03 bits per heavy atom. The SMILES string of the molecule is C[C@H](N)C(=O)Nc1ccc2c(c1)Oc1cc(N)ccc1C21OCc2ccccc21. The van der Waals surface area contributed by atoms with Gasteiger partial charge in [-0.2, -0.15) is 0 Å². The average Bonchev–Trinajstić information content (AvgIpc) is 3.08. The number of nitrogens with one attached hydrogen (secondary N) is 1. The van der Waals surface area contributed by atoms with E-state index in [9.17, 15) is 4.79 Å². The molecule has 0 aromatic heterocycles. The Balaban J connectivity index is 1.71. The van der Waals surface area contributed by atoms with E-state index >= 15 is 0 Å². The maximum absolute atomic E-state index is 12.0. The third-order valence-electron chi connectivity index (χ3n) is 5.49. The minimum atomic E-state index is -0.781. The van der Waals surface area contributed by atoms with Crippen LogP contribution >= 0.6 is 0 Å². The molecule has 5 rings (SSSR count). The maximum atomic E-state index is 12.0. The zero-order chi connectivity index (χ0) is 20.2. The van der Waals surface area contributed by atoms with Gasteiger partial charge in [0.15, 0.2) is 5.60 Å². The van der Waals surface area contributed by atoms with Crippen molar-refractivity contribution in [1.29, 1.82) is 0 Å². The molecule has 6 nitrogen and oxygen atoms in total. The minimum absolute atomic E-state index is 0.262. The second kappa shape index (κ2) is 6.34.